The fourth-order valence-electron chi connectivity index (χ4n) is 3.08. The van der Waals surface area contributed by atoms with E-state index in [1.807, 2.05) is 12.1 Å². The molecule has 1 aromatic heterocycles. The zero-order valence-electron chi connectivity index (χ0n) is 13.0. The lowest BCUT2D eigenvalue weighted by atomic mass is 9.95. The van der Waals surface area contributed by atoms with Crippen molar-refractivity contribution in [3.8, 4) is 0 Å². The number of carbonyl (C=O) groups is 2. The average Bonchev–Trinajstić information content (AvgIpc) is 3.15. The molecule has 2 aromatic rings. The monoisotopic (exact) mass is 314 g/mol. The van der Waals surface area contributed by atoms with Gasteiger partial charge in [-0.05, 0) is 50.3 Å². The molecule has 6 nitrogen and oxygen atoms in total. The van der Waals surface area contributed by atoms with Crippen LogP contribution in [0.25, 0.3) is 0 Å². The van der Waals surface area contributed by atoms with Crippen molar-refractivity contribution >= 4 is 11.9 Å². The summed E-state index contributed by atoms with van der Waals surface area (Å²) in [5, 5.41) is 15.8. The number of carboxylic acid groups (broad SMARTS) is 1. The van der Waals surface area contributed by atoms with E-state index in [1.165, 1.54) is 5.56 Å². The SMILES string of the molecule is CC(C)(NC(=O)c1cccc2c1CCC2)c1nocc1C(=O)O. The summed E-state index contributed by atoms with van der Waals surface area (Å²) >= 11 is 0. The molecule has 120 valence electrons. The number of aromatic nitrogens is 1. The lowest BCUT2D eigenvalue weighted by Gasteiger charge is -2.25. The molecule has 0 bridgehead atoms. The lowest BCUT2D eigenvalue weighted by molar-refractivity contribution is 0.0690. The average molecular weight is 314 g/mol. The van der Waals surface area contributed by atoms with Crippen molar-refractivity contribution in [2.75, 3.05) is 0 Å². The van der Waals surface area contributed by atoms with Crippen molar-refractivity contribution in [2.45, 2.75) is 38.6 Å². The summed E-state index contributed by atoms with van der Waals surface area (Å²) in [5.74, 6) is -1.36. The third-order valence-corrected chi connectivity index (χ3v) is 4.21. The molecule has 1 aliphatic carbocycles. The van der Waals surface area contributed by atoms with E-state index in [4.69, 9.17) is 4.52 Å². The van der Waals surface area contributed by atoms with Crippen LogP contribution in [-0.4, -0.2) is 22.1 Å². The van der Waals surface area contributed by atoms with Gasteiger partial charge in [0.25, 0.3) is 5.91 Å². The number of carbonyl (C=O) groups excluding carboxylic acids is 1. The number of rotatable bonds is 4. The number of carboxylic acids is 1. The molecule has 23 heavy (non-hydrogen) atoms. The molecule has 1 heterocycles. The number of aryl methyl sites for hydroxylation is 1. The van der Waals surface area contributed by atoms with Crippen LogP contribution in [0.1, 0.15) is 57.8 Å². The van der Waals surface area contributed by atoms with Gasteiger partial charge >= 0.3 is 5.97 Å². The minimum absolute atomic E-state index is 0.0476. The molecule has 2 N–H and O–H groups in total. The van der Waals surface area contributed by atoms with E-state index in [0.717, 1.165) is 31.1 Å². The summed E-state index contributed by atoms with van der Waals surface area (Å²) < 4.78 is 4.77. The number of hydrogen-bond acceptors (Lipinski definition) is 4. The van der Waals surface area contributed by atoms with Gasteiger partial charge in [-0.15, -0.1) is 0 Å². The second kappa shape index (κ2) is 5.53. The first-order valence-electron chi connectivity index (χ1n) is 7.51. The number of benzene rings is 1. The molecular formula is C17H18N2O4. The van der Waals surface area contributed by atoms with Gasteiger partial charge in [-0.25, -0.2) is 4.79 Å². The van der Waals surface area contributed by atoms with E-state index in [-0.39, 0.29) is 17.2 Å². The Labute approximate surface area is 133 Å². The Balaban J connectivity index is 1.89. The van der Waals surface area contributed by atoms with E-state index < -0.39 is 11.5 Å². The minimum Gasteiger partial charge on any atom is -0.478 e. The van der Waals surface area contributed by atoms with Crippen molar-refractivity contribution in [1.29, 1.82) is 0 Å². The van der Waals surface area contributed by atoms with E-state index >= 15 is 0 Å². The van der Waals surface area contributed by atoms with Crippen LogP contribution in [0, 0.1) is 0 Å². The van der Waals surface area contributed by atoms with Gasteiger partial charge in [0.15, 0.2) is 0 Å². The van der Waals surface area contributed by atoms with Crippen LogP contribution in [0.15, 0.2) is 29.0 Å². The molecule has 0 radical (unpaired) electrons. The number of amides is 1. The van der Waals surface area contributed by atoms with Crippen molar-refractivity contribution < 1.29 is 19.2 Å². The number of aromatic carboxylic acids is 1. The van der Waals surface area contributed by atoms with Crippen molar-refractivity contribution in [1.82, 2.24) is 10.5 Å². The molecule has 0 unspecified atom stereocenters. The van der Waals surface area contributed by atoms with Crippen molar-refractivity contribution in [3.05, 3.63) is 52.4 Å². The Morgan fingerprint density at radius 1 is 1.26 bits per heavy atom. The van der Waals surface area contributed by atoms with Crippen LogP contribution in [0.2, 0.25) is 0 Å². The second-order valence-electron chi connectivity index (χ2n) is 6.26. The van der Waals surface area contributed by atoms with Gasteiger partial charge in [0.05, 0.1) is 5.54 Å². The Morgan fingerprint density at radius 2 is 2.04 bits per heavy atom. The van der Waals surface area contributed by atoms with E-state index in [1.54, 1.807) is 19.9 Å². The molecule has 3 rings (SSSR count). The Hall–Kier alpha value is -2.63. The number of hydrogen-bond donors (Lipinski definition) is 2. The maximum atomic E-state index is 12.7. The summed E-state index contributed by atoms with van der Waals surface area (Å²) in [6, 6.07) is 5.73. The Morgan fingerprint density at radius 3 is 2.78 bits per heavy atom. The first kappa shape index (κ1) is 15.3. The predicted molar refractivity (Wildman–Crippen MR) is 82.4 cm³/mol. The third-order valence-electron chi connectivity index (χ3n) is 4.21. The Bertz CT molecular complexity index is 777. The van der Waals surface area contributed by atoms with E-state index in [9.17, 15) is 14.7 Å². The van der Waals surface area contributed by atoms with Gasteiger partial charge in [0.2, 0.25) is 0 Å². The molecule has 0 spiro atoms. The predicted octanol–water partition coefficient (Wildman–Crippen LogP) is 2.53. The number of nitrogens with zero attached hydrogens (tertiary/aromatic N) is 1. The van der Waals surface area contributed by atoms with Crippen LogP contribution in [0.4, 0.5) is 0 Å². The number of fused-ring (bicyclic) bond motifs is 1. The molecule has 6 heteroatoms. The minimum atomic E-state index is -1.14. The molecular weight excluding hydrogens is 296 g/mol. The van der Waals surface area contributed by atoms with Gasteiger partial charge < -0.3 is 14.9 Å². The van der Waals surface area contributed by atoms with Gasteiger partial charge in [-0.2, -0.15) is 0 Å². The highest BCUT2D eigenvalue weighted by Gasteiger charge is 2.33. The molecule has 1 aliphatic rings. The topological polar surface area (TPSA) is 92.4 Å². The molecule has 1 amide bonds. The smallest absolute Gasteiger partial charge is 0.341 e. The zero-order chi connectivity index (χ0) is 16.6. The molecule has 0 aliphatic heterocycles. The highest BCUT2D eigenvalue weighted by Crippen LogP contribution is 2.27. The van der Waals surface area contributed by atoms with E-state index in [0.29, 0.717) is 5.56 Å². The second-order valence-corrected chi connectivity index (χ2v) is 6.26. The van der Waals surface area contributed by atoms with Crippen LogP contribution >= 0.6 is 0 Å². The zero-order valence-corrected chi connectivity index (χ0v) is 13.0. The van der Waals surface area contributed by atoms with E-state index in [2.05, 4.69) is 10.5 Å². The maximum Gasteiger partial charge on any atom is 0.341 e. The summed E-state index contributed by atoms with van der Waals surface area (Å²) in [4.78, 5) is 23.9. The summed E-state index contributed by atoms with van der Waals surface area (Å²) in [7, 11) is 0. The number of nitrogens with one attached hydrogen (secondary N) is 1. The normalized spacial score (nSPS) is 13.7. The van der Waals surface area contributed by atoms with Crippen LogP contribution in [-0.2, 0) is 18.4 Å². The Kier molecular flexibility index (Phi) is 3.67. The highest BCUT2D eigenvalue weighted by molar-refractivity contribution is 5.97. The molecule has 0 saturated carbocycles. The fourth-order valence-corrected chi connectivity index (χ4v) is 3.08. The lowest BCUT2D eigenvalue weighted by Crippen LogP contribution is -2.42. The van der Waals surface area contributed by atoms with Gasteiger partial charge in [0.1, 0.15) is 17.5 Å². The standard InChI is InChI=1S/C17H18N2O4/c1-17(2,14-13(16(21)22)9-23-19-14)18-15(20)12-8-4-6-10-5-3-7-11(10)12/h4,6,8-9H,3,5,7H2,1-2H3,(H,18,20)(H,21,22). The highest BCUT2D eigenvalue weighted by atomic mass is 16.5. The van der Waals surface area contributed by atoms with Crippen LogP contribution in [0.5, 0.6) is 0 Å². The first-order chi connectivity index (χ1) is 10.9. The quantitative estimate of drug-likeness (QED) is 0.904. The maximum absolute atomic E-state index is 12.7. The first-order valence-corrected chi connectivity index (χ1v) is 7.51. The summed E-state index contributed by atoms with van der Waals surface area (Å²) in [6.45, 7) is 3.41. The molecule has 0 saturated heterocycles. The van der Waals surface area contributed by atoms with Gasteiger partial charge in [-0.3, -0.25) is 4.79 Å². The molecule has 0 fully saturated rings. The van der Waals surface area contributed by atoms with Crippen molar-refractivity contribution in [3.63, 3.8) is 0 Å². The summed E-state index contributed by atoms with van der Waals surface area (Å²) in [6.07, 6.45) is 4.01. The molecule has 1 aromatic carbocycles. The van der Waals surface area contributed by atoms with Gasteiger partial charge in [-0.1, -0.05) is 17.3 Å². The molecule has 0 atom stereocenters. The van der Waals surface area contributed by atoms with Crippen LogP contribution in [0.3, 0.4) is 0 Å². The van der Waals surface area contributed by atoms with Gasteiger partial charge in [0, 0.05) is 5.56 Å². The summed E-state index contributed by atoms with van der Waals surface area (Å²) in [5.41, 5.74) is 2.13. The van der Waals surface area contributed by atoms with Crippen LogP contribution < -0.4 is 5.32 Å². The fraction of sp³-hybridized carbons (Fsp3) is 0.353. The van der Waals surface area contributed by atoms with Crippen molar-refractivity contribution in [2.24, 2.45) is 0 Å². The third kappa shape index (κ3) is 2.72. The largest absolute Gasteiger partial charge is 0.478 e.